The molecule has 1 saturated heterocycles. The predicted octanol–water partition coefficient (Wildman–Crippen LogP) is 2.53. The molecule has 0 aromatic carbocycles. The lowest BCUT2D eigenvalue weighted by atomic mass is 10.1. The number of carbonyl (C=O) groups is 1. The fourth-order valence-electron chi connectivity index (χ4n) is 1.25. The zero-order valence-electron chi connectivity index (χ0n) is 7.46. The zero-order valence-corrected chi connectivity index (χ0v) is 9.09. The minimum atomic E-state index is -0.0973. The molecule has 72 valence electrons. The van der Waals surface area contributed by atoms with Crippen LogP contribution < -0.4 is 5.32 Å². The molecule has 2 N–H and O–H groups in total. The Kier molecular flexibility index (Phi) is 2.43. The summed E-state index contributed by atoms with van der Waals surface area (Å²) in [6.45, 7) is 1.96. The summed E-state index contributed by atoms with van der Waals surface area (Å²) in [6, 6.07) is 1.95. The molecule has 3 nitrogen and oxygen atoms in total. The van der Waals surface area contributed by atoms with Crippen LogP contribution in [0.2, 0.25) is 0 Å². The summed E-state index contributed by atoms with van der Waals surface area (Å²) in [4.78, 5) is 15.4. The predicted molar refractivity (Wildman–Crippen MR) is 62.1 cm³/mol. The number of aromatic amines is 1. The molecule has 0 spiro atoms. The van der Waals surface area contributed by atoms with Gasteiger partial charge in [-0.3, -0.25) is 4.79 Å². The van der Waals surface area contributed by atoms with Gasteiger partial charge >= 0.3 is 0 Å². The van der Waals surface area contributed by atoms with Crippen molar-refractivity contribution in [2.45, 2.75) is 6.92 Å². The summed E-state index contributed by atoms with van der Waals surface area (Å²) in [7, 11) is 0. The normalized spacial score (nSPS) is 19.8. The lowest BCUT2D eigenvalue weighted by molar-refractivity contribution is 0.265. The summed E-state index contributed by atoms with van der Waals surface area (Å²) in [5, 5.41) is 2.50. The molecule has 0 radical (unpaired) electrons. The van der Waals surface area contributed by atoms with Gasteiger partial charge in [-0.2, -0.15) is 0 Å². The quantitative estimate of drug-likeness (QED) is 0.569. The molecule has 1 amide bonds. The van der Waals surface area contributed by atoms with E-state index in [1.807, 2.05) is 25.4 Å². The van der Waals surface area contributed by atoms with Crippen LogP contribution in [0.25, 0.3) is 5.57 Å². The number of thioether (sulfide) groups is 1. The molecule has 0 saturated carbocycles. The van der Waals surface area contributed by atoms with Crippen molar-refractivity contribution in [2.75, 3.05) is 0 Å². The molecule has 0 bridgehead atoms. The van der Waals surface area contributed by atoms with E-state index in [0.717, 1.165) is 27.8 Å². The van der Waals surface area contributed by atoms with Gasteiger partial charge in [0.15, 0.2) is 0 Å². The zero-order chi connectivity index (χ0) is 10.1. The van der Waals surface area contributed by atoms with Crippen LogP contribution in [0.1, 0.15) is 12.5 Å². The van der Waals surface area contributed by atoms with Crippen LogP contribution in [0, 0.1) is 0 Å². The van der Waals surface area contributed by atoms with Crippen LogP contribution >= 0.6 is 24.0 Å². The molecule has 1 aromatic heterocycles. The Bertz CT molecular complexity index is 420. The van der Waals surface area contributed by atoms with Gasteiger partial charge in [-0.1, -0.05) is 12.2 Å². The van der Waals surface area contributed by atoms with Crippen LogP contribution in [-0.2, 0) is 0 Å². The average Bonchev–Trinajstić information content (AvgIpc) is 2.73. The van der Waals surface area contributed by atoms with Gasteiger partial charge in [-0.25, -0.2) is 0 Å². The number of thiocarbonyl (C=S) groups is 1. The largest absolute Gasteiger partial charge is 0.367 e. The second-order valence-electron chi connectivity index (χ2n) is 2.90. The fraction of sp³-hybridized carbons (Fsp3) is 0.111. The van der Waals surface area contributed by atoms with Crippen molar-refractivity contribution in [1.82, 2.24) is 10.3 Å². The SMILES string of the molecule is CC(=C1SC(=O)NC1=S)c1cc[nH]c1. The number of aromatic nitrogens is 1. The van der Waals surface area contributed by atoms with Crippen LogP contribution in [0.4, 0.5) is 4.79 Å². The number of H-pyrrole nitrogens is 1. The number of allylic oxidation sites excluding steroid dienone is 1. The Balaban J connectivity index is 2.41. The maximum absolute atomic E-state index is 11.1. The molecule has 1 aliphatic rings. The van der Waals surface area contributed by atoms with E-state index >= 15 is 0 Å². The van der Waals surface area contributed by atoms with Crippen molar-refractivity contribution >= 4 is 39.8 Å². The smallest absolute Gasteiger partial charge is 0.289 e. The molecule has 1 aromatic rings. The highest BCUT2D eigenvalue weighted by atomic mass is 32.2. The topological polar surface area (TPSA) is 44.9 Å². The monoisotopic (exact) mass is 224 g/mol. The van der Waals surface area contributed by atoms with Crippen molar-refractivity contribution in [1.29, 1.82) is 0 Å². The summed E-state index contributed by atoms with van der Waals surface area (Å²) in [6.07, 6.45) is 3.73. The Morgan fingerprint density at radius 2 is 2.36 bits per heavy atom. The molecule has 1 fully saturated rings. The second kappa shape index (κ2) is 3.59. The van der Waals surface area contributed by atoms with Crippen molar-refractivity contribution < 1.29 is 4.79 Å². The lowest BCUT2D eigenvalue weighted by Gasteiger charge is -2.00. The first-order chi connectivity index (χ1) is 6.68. The van der Waals surface area contributed by atoms with Crippen molar-refractivity contribution in [2.24, 2.45) is 0 Å². The fourth-order valence-corrected chi connectivity index (χ4v) is 2.44. The number of amides is 1. The summed E-state index contributed by atoms with van der Waals surface area (Å²) >= 11 is 6.20. The standard InChI is InChI=1S/C9H8N2OS2/c1-5(6-2-3-10-4-6)7-8(13)11-9(12)14-7/h2-4,10H,1H3,(H,11,12,13). The maximum atomic E-state index is 11.1. The van der Waals surface area contributed by atoms with Crippen LogP contribution in [0.3, 0.4) is 0 Å². The molecule has 0 aliphatic carbocycles. The van der Waals surface area contributed by atoms with Gasteiger partial charge in [0, 0.05) is 12.4 Å². The Hall–Kier alpha value is -1.07. The van der Waals surface area contributed by atoms with Gasteiger partial charge in [-0.05, 0) is 35.9 Å². The van der Waals surface area contributed by atoms with Crippen molar-refractivity contribution in [3.8, 4) is 0 Å². The summed E-state index contributed by atoms with van der Waals surface area (Å²) in [5.74, 6) is 0. The van der Waals surface area contributed by atoms with Gasteiger partial charge in [0.2, 0.25) is 0 Å². The third-order valence-corrected chi connectivity index (χ3v) is 3.43. The minimum absolute atomic E-state index is 0.0973. The van der Waals surface area contributed by atoms with Gasteiger partial charge in [-0.15, -0.1) is 0 Å². The first-order valence-electron chi connectivity index (χ1n) is 4.05. The molecule has 0 unspecified atom stereocenters. The molecule has 2 heterocycles. The van der Waals surface area contributed by atoms with Gasteiger partial charge in [0.25, 0.3) is 5.24 Å². The van der Waals surface area contributed by atoms with E-state index in [9.17, 15) is 4.79 Å². The van der Waals surface area contributed by atoms with E-state index in [2.05, 4.69) is 10.3 Å². The number of carbonyl (C=O) groups excluding carboxylic acids is 1. The number of nitrogens with one attached hydrogen (secondary N) is 2. The highest BCUT2D eigenvalue weighted by Gasteiger charge is 2.24. The van der Waals surface area contributed by atoms with E-state index in [0.29, 0.717) is 4.99 Å². The number of rotatable bonds is 1. The van der Waals surface area contributed by atoms with Crippen molar-refractivity contribution in [3.05, 3.63) is 28.9 Å². The first-order valence-corrected chi connectivity index (χ1v) is 5.28. The van der Waals surface area contributed by atoms with E-state index in [4.69, 9.17) is 12.2 Å². The Morgan fingerprint density at radius 1 is 1.57 bits per heavy atom. The summed E-state index contributed by atoms with van der Waals surface area (Å²) < 4.78 is 0. The average molecular weight is 224 g/mol. The van der Waals surface area contributed by atoms with Gasteiger partial charge in [0.1, 0.15) is 4.99 Å². The molecule has 0 atom stereocenters. The molecule has 14 heavy (non-hydrogen) atoms. The number of hydrogen-bond acceptors (Lipinski definition) is 3. The van der Waals surface area contributed by atoms with E-state index < -0.39 is 0 Å². The Morgan fingerprint density at radius 3 is 2.86 bits per heavy atom. The molecular formula is C9H8N2OS2. The third kappa shape index (κ3) is 1.60. The molecular weight excluding hydrogens is 216 g/mol. The van der Waals surface area contributed by atoms with Crippen LogP contribution in [0.5, 0.6) is 0 Å². The van der Waals surface area contributed by atoms with Crippen LogP contribution in [0.15, 0.2) is 23.4 Å². The highest BCUT2D eigenvalue weighted by Crippen LogP contribution is 2.31. The third-order valence-electron chi connectivity index (χ3n) is 1.99. The Labute approximate surface area is 91.0 Å². The minimum Gasteiger partial charge on any atom is -0.367 e. The van der Waals surface area contributed by atoms with E-state index in [1.165, 1.54) is 0 Å². The molecule has 5 heteroatoms. The van der Waals surface area contributed by atoms with Crippen molar-refractivity contribution in [3.63, 3.8) is 0 Å². The highest BCUT2D eigenvalue weighted by molar-refractivity contribution is 8.19. The van der Waals surface area contributed by atoms with Crippen LogP contribution in [-0.4, -0.2) is 15.2 Å². The lowest BCUT2D eigenvalue weighted by Crippen LogP contribution is -2.16. The van der Waals surface area contributed by atoms with E-state index in [1.54, 1.807) is 0 Å². The number of hydrogen-bond donors (Lipinski definition) is 2. The summed E-state index contributed by atoms with van der Waals surface area (Å²) in [5.41, 5.74) is 2.09. The first kappa shape index (κ1) is 9.48. The second-order valence-corrected chi connectivity index (χ2v) is 4.29. The van der Waals surface area contributed by atoms with E-state index in [-0.39, 0.29) is 5.24 Å². The maximum Gasteiger partial charge on any atom is 0.289 e. The molecule has 2 rings (SSSR count). The van der Waals surface area contributed by atoms with Gasteiger partial charge < -0.3 is 10.3 Å². The molecule has 1 aliphatic heterocycles. The van der Waals surface area contributed by atoms with Gasteiger partial charge in [0.05, 0.1) is 4.91 Å².